The third-order valence-electron chi connectivity index (χ3n) is 2.16. The van der Waals surface area contributed by atoms with Gasteiger partial charge in [-0.05, 0) is 28.9 Å². The predicted molar refractivity (Wildman–Crippen MR) is 58.7 cm³/mol. The van der Waals surface area contributed by atoms with Crippen LogP contribution in [0.3, 0.4) is 0 Å². The molecule has 0 fully saturated rings. The normalized spacial score (nSPS) is 11.5. The zero-order chi connectivity index (χ0) is 12.1. The summed E-state index contributed by atoms with van der Waals surface area (Å²) in [5.74, 6) is -0.354. The van der Waals surface area contributed by atoms with Crippen molar-refractivity contribution in [3.8, 4) is 0 Å². The SMILES string of the molecule is [O-]/C(=N\[n+]1cccc(CO)c1)c1ccncc1. The molecule has 0 saturated carbocycles. The topological polar surface area (TPSA) is 72.4 Å². The number of rotatable bonds is 3. The molecule has 0 aliphatic carbocycles. The molecule has 0 aromatic carbocycles. The van der Waals surface area contributed by atoms with Gasteiger partial charge in [0.15, 0.2) is 0 Å². The molecule has 0 bridgehead atoms. The Labute approximate surface area is 98.3 Å². The van der Waals surface area contributed by atoms with E-state index in [1.165, 1.54) is 17.1 Å². The Morgan fingerprint density at radius 3 is 2.82 bits per heavy atom. The summed E-state index contributed by atoms with van der Waals surface area (Å²) in [7, 11) is 0. The molecule has 2 aromatic rings. The van der Waals surface area contributed by atoms with Crippen LogP contribution in [0.1, 0.15) is 11.1 Å². The summed E-state index contributed by atoms with van der Waals surface area (Å²) in [4.78, 5) is 3.83. The Morgan fingerprint density at radius 1 is 1.35 bits per heavy atom. The number of pyridine rings is 2. The molecule has 0 spiro atoms. The molecular weight excluding hydrogens is 218 g/mol. The average Bonchev–Trinajstić information content (AvgIpc) is 2.40. The van der Waals surface area contributed by atoms with Gasteiger partial charge in [-0.1, -0.05) is 4.68 Å². The van der Waals surface area contributed by atoms with Crippen LogP contribution in [0, 0.1) is 0 Å². The second kappa shape index (κ2) is 5.18. The van der Waals surface area contributed by atoms with Crippen LogP contribution >= 0.6 is 0 Å². The monoisotopic (exact) mass is 229 g/mol. The highest BCUT2D eigenvalue weighted by atomic mass is 16.3. The zero-order valence-electron chi connectivity index (χ0n) is 9.02. The van der Waals surface area contributed by atoms with Crippen molar-refractivity contribution in [1.29, 1.82) is 0 Å². The van der Waals surface area contributed by atoms with E-state index in [1.54, 1.807) is 36.7 Å². The summed E-state index contributed by atoms with van der Waals surface area (Å²) >= 11 is 0. The highest BCUT2D eigenvalue weighted by molar-refractivity contribution is 5.89. The van der Waals surface area contributed by atoms with Crippen molar-refractivity contribution in [1.82, 2.24) is 4.98 Å². The summed E-state index contributed by atoms with van der Waals surface area (Å²) < 4.78 is 1.38. The van der Waals surface area contributed by atoms with Crippen LogP contribution in [0.25, 0.3) is 0 Å². The minimum Gasteiger partial charge on any atom is -0.854 e. The molecule has 2 aromatic heterocycles. The van der Waals surface area contributed by atoms with Crippen molar-refractivity contribution < 1.29 is 14.9 Å². The highest BCUT2D eigenvalue weighted by Crippen LogP contribution is 1.96. The molecule has 0 unspecified atom stereocenters. The van der Waals surface area contributed by atoms with Gasteiger partial charge in [0.25, 0.3) is 0 Å². The first-order valence-corrected chi connectivity index (χ1v) is 5.07. The number of nitrogens with zero attached hydrogens (tertiary/aromatic N) is 3. The maximum Gasteiger partial charge on any atom is 0.207 e. The lowest BCUT2D eigenvalue weighted by atomic mass is 10.3. The Balaban J connectivity index is 2.29. The number of hydrogen-bond acceptors (Lipinski definition) is 4. The lowest BCUT2D eigenvalue weighted by Crippen LogP contribution is -2.33. The Kier molecular flexibility index (Phi) is 3.42. The van der Waals surface area contributed by atoms with Gasteiger partial charge in [0.05, 0.1) is 12.5 Å². The second-order valence-corrected chi connectivity index (χ2v) is 3.39. The molecular formula is C12H11N3O2. The molecule has 0 aliphatic rings. The predicted octanol–water partition coefficient (Wildman–Crippen LogP) is -0.568. The maximum absolute atomic E-state index is 11.7. The smallest absolute Gasteiger partial charge is 0.207 e. The molecule has 5 nitrogen and oxygen atoms in total. The second-order valence-electron chi connectivity index (χ2n) is 3.39. The lowest BCUT2D eigenvalue weighted by Gasteiger charge is -2.05. The Bertz CT molecular complexity index is 526. The van der Waals surface area contributed by atoms with E-state index < -0.39 is 0 Å². The van der Waals surface area contributed by atoms with Gasteiger partial charge in [-0.2, -0.15) is 0 Å². The first kappa shape index (κ1) is 11.2. The summed E-state index contributed by atoms with van der Waals surface area (Å²) in [6.45, 7) is -0.0835. The summed E-state index contributed by atoms with van der Waals surface area (Å²) in [5, 5.41) is 24.6. The number of aliphatic hydroxyl groups excluding tert-OH is 1. The van der Waals surface area contributed by atoms with Gasteiger partial charge in [0, 0.05) is 24.0 Å². The highest BCUT2D eigenvalue weighted by Gasteiger charge is 2.01. The van der Waals surface area contributed by atoms with Gasteiger partial charge in [-0.3, -0.25) is 4.98 Å². The molecule has 17 heavy (non-hydrogen) atoms. The van der Waals surface area contributed by atoms with Crippen molar-refractivity contribution in [3.63, 3.8) is 0 Å². The molecule has 86 valence electrons. The largest absolute Gasteiger partial charge is 0.854 e. The van der Waals surface area contributed by atoms with Gasteiger partial charge < -0.3 is 10.2 Å². The third kappa shape index (κ3) is 2.85. The van der Waals surface area contributed by atoms with Crippen LogP contribution in [0.5, 0.6) is 0 Å². The number of hydrogen-bond donors (Lipinski definition) is 1. The van der Waals surface area contributed by atoms with Crippen molar-refractivity contribution in [3.05, 3.63) is 60.2 Å². The van der Waals surface area contributed by atoms with E-state index in [4.69, 9.17) is 5.11 Å². The summed E-state index contributed by atoms with van der Waals surface area (Å²) in [5.41, 5.74) is 1.17. The molecule has 0 amide bonds. The van der Waals surface area contributed by atoms with Gasteiger partial charge in [-0.15, -0.1) is 0 Å². The third-order valence-corrected chi connectivity index (χ3v) is 2.16. The van der Waals surface area contributed by atoms with Gasteiger partial charge in [-0.25, -0.2) is 0 Å². The van der Waals surface area contributed by atoms with Crippen LogP contribution in [0.4, 0.5) is 0 Å². The van der Waals surface area contributed by atoms with E-state index in [0.717, 1.165) is 0 Å². The standard InChI is InChI=1S/C12H11N3O2/c16-9-10-2-1-7-15(8-10)14-12(17)11-3-5-13-6-4-11/h1-8,16H,9H2. The molecule has 5 heteroatoms. The van der Waals surface area contributed by atoms with Crippen molar-refractivity contribution in [2.24, 2.45) is 5.10 Å². The summed E-state index contributed by atoms with van der Waals surface area (Å²) in [6, 6.07) is 6.67. The van der Waals surface area contributed by atoms with Crippen molar-refractivity contribution in [2.45, 2.75) is 6.61 Å². The molecule has 0 saturated heterocycles. The Morgan fingerprint density at radius 2 is 2.12 bits per heavy atom. The number of aromatic nitrogens is 2. The maximum atomic E-state index is 11.7. The summed E-state index contributed by atoms with van der Waals surface area (Å²) in [6.07, 6.45) is 6.31. The van der Waals surface area contributed by atoms with Crippen LogP contribution in [0.15, 0.2) is 54.2 Å². The minimum absolute atomic E-state index is 0.0835. The van der Waals surface area contributed by atoms with Gasteiger partial charge in [0.1, 0.15) is 0 Å². The van der Waals surface area contributed by atoms with Crippen LogP contribution in [-0.2, 0) is 6.61 Å². The molecule has 2 heterocycles. The van der Waals surface area contributed by atoms with E-state index in [1.807, 2.05) is 0 Å². The van der Waals surface area contributed by atoms with E-state index in [2.05, 4.69) is 10.1 Å². The quantitative estimate of drug-likeness (QED) is 0.435. The lowest BCUT2D eigenvalue weighted by molar-refractivity contribution is -0.681. The molecule has 0 aliphatic heterocycles. The van der Waals surface area contributed by atoms with Crippen molar-refractivity contribution >= 4 is 5.90 Å². The molecule has 0 radical (unpaired) electrons. The van der Waals surface area contributed by atoms with E-state index >= 15 is 0 Å². The first-order chi connectivity index (χ1) is 8.29. The Hall–Kier alpha value is -2.27. The van der Waals surface area contributed by atoms with Gasteiger partial charge >= 0.3 is 0 Å². The van der Waals surface area contributed by atoms with Gasteiger partial charge in [0.2, 0.25) is 12.4 Å². The van der Waals surface area contributed by atoms with Crippen LogP contribution in [-0.4, -0.2) is 16.0 Å². The fourth-order valence-electron chi connectivity index (χ4n) is 1.32. The molecule has 2 rings (SSSR count). The molecule has 1 N–H and O–H groups in total. The fourth-order valence-corrected chi connectivity index (χ4v) is 1.32. The van der Waals surface area contributed by atoms with Crippen LogP contribution in [0.2, 0.25) is 0 Å². The van der Waals surface area contributed by atoms with Crippen LogP contribution < -0.4 is 9.78 Å². The van der Waals surface area contributed by atoms with E-state index in [9.17, 15) is 5.11 Å². The number of aliphatic hydroxyl groups is 1. The van der Waals surface area contributed by atoms with E-state index in [-0.39, 0.29) is 12.5 Å². The first-order valence-electron chi connectivity index (χ1n) is 5.07. The van der Waals surface area contributed by atoms with E-state index in [0.29, 0.717) is 11.1 Å². The zero-order valence-corrected chi connectivity index (χ0v) is 9.02. The molecule has 0 atom stereocenters. The van der Waals surface area contributed by atoms with Crippen molar-refractivity contribution in [2.75, 3.05) is 0 Å². The average molecular weight is 229 g/mol. The fraction of sp³-hybridized carbons (Fsp3) is 0.0833. The minimum atomic E-state index is -0.354.